The van der Waals surface area contributed by atoms with Gasteiger partial charge in [-0.3, -0.25) is 5.32 Å². The number of carbonyl (C=O) groups is 1. The molecule has 1 aromatic carbocycles. The maximum absolute atomic E-state index is 11.3. The highest BCUT2D eigenvalue weighted by molar-refractivity contribution is 7.99. The van der Waals surface area contributed by atoms with E-state index in [0.29, 0.717) is 12.3 Å². The van der Waals surface area contributed by atoms with E-state index >= 15 is 0 Å². The van der Waals surface area contributed by atoms with E-state index in [4.69, 9.17) is 0 Å². The van der Waals surface area contributed by atoms with Gasteiger partial charge in [-0.1, -0.05) is 0 Å². The second-order valence-electron chi connectivity index (χ2n) is 5.14. The number of aldehydes is 1. The lowest BCUT2D eigenvalue weighted by atomic mass is 10.0. The first-order valence-corrected chi connectivity index (χ1v) is 7.47. The van der Waals surface area contributed by atoms with Gasteiger partial charge in [-0.05, 0) is 43.5 Å². The normalized spacial score (nSPS) is 22.5. The van der Waals surface area contributed by atoms with E-state index in [0.717, 1.165) is 40.3 Å². The van der Waals surface area contributed by atoms with Crippen LogP contribution < -0.4 is 10.6 Å². The molecule has 1 aliphatic heterocycles. The van der Waals surface area contributed by atoms with Gasteiger partial charge in [-0.2, -0.15) is 0 Å². The SMILES string of the molecule is Cc1cc(NCC2(C=O)CSCN2)c(C)c(C)c1O. The number of benzene rings is 1. The van der Waals surface area contributed by atoms with Gasteiger partial charge in [0.15, 0.2) is 0 Å². The minimum absolute atomic E-state index is 0.350. The molecule has 1 unspecified atom stereocenters. The Labute approximate surface area is 118 Å². The van der Waals surface area contributed by atoms with E-state index in [9.17, 15) is 9.90 Å². The van der Waals surface area contributed by atoms with Crippen molar-refractivity contribution >= 4 is 23.7 Å². The molecule has 0 saturated carbocycles. The smallest absolute Gasteiger partial charge is 0.142 e. The predicted molar refractivity (Wildman–Crippen MR) is 80.1 cm³/mol. The molecule has 0 radical (unpaired) electrons. The van der Waals surface area contributed by atoms with Crippen molar-refractivity contribution in [3.8, 4) is 5.75 Å². The zero-order valence-electron chi connectivity index (χ0n) is 11.5. The van der Waals surface area contributed by atoms with Crippen molar-refractivity contribution in [2.24, 2.45) is 0 Å². The second-order valence-corrected chi connectivity index (χ2v) is 6.12. The molecule has 5 heteroatoms. The average Bonchev–Trinajstić information content (AvgIpc) is 2.88. The molecule has 4 nitrogen and oxygen atoms in total. The molecular formula is C14H20N2O2S. The van der Waals surface area contributed by atoms with Crippen LogP contribution >= 0.6 is 11.8 Å². The summed E-state index contributed by atoms with van der Waals surface area (Å²) >= 11 is 1.73. The maximum atomic E-state index is 11.3. The summed E-state index contributed by atoms with van der Waals surface area (Å²) in [5, 5.41) is 16.5. The van der Waals surface area contributed by atoms with Gasteiger partial charge < -0.3 is 15.2 Å². The zero-order chi connectivity index (χ0) is 14.0. The molecule has 104 valence electrons. The summed E-state index contributed by atoms with van der Waals surface area (Å²) in [5.74, 6) is 1.95. The van der Waals surface area contributed by atoms with E-state index in [-0.39, 0.29) is 0 Å². The molecule has 0 bridgehead atoms. The van der Waals surface area contributed by atoms with Gasteiger partial charge in [0, 0.05) is 23.9 Å². The summed E-state index contributed by atoms with van der Waals surface area (Å²) < 4.78 is 0. The third-order valence-electron chi connectivity index (χ3n) is 3.76. The molecule has 1 saturated heterocycles. The highest BCUT2D eigenvalue weighted by atomic mass is 32.2. The standard InChI is InChI=1S/C14H20N2O2S/c1-9-4-12(10(2)11(3)13(9)18)15-5-14(6-17)7-19-8-16-14/h4,6,15-16,18H,5,7-8H2,1-3H3. The van der Waals surface area contributed by atoms with Crippen molar-refractivity contribution in [3.05, 3.63) is 22.8 Å². The third kappa shape index (κ3) is 2.72. The lowest BCUT2D eigenvalue weighted by Gasteiger charge is -2.24. The first-order valence-electron chi connectivity index (χ1n) is 6.32. The summed E-state index contributed by atoms with van der Waals surface area (Å²) in [5.41, 5.74) is 3.26. The number of phenols is 1. The lowest BCUT2D eigenvalue weighted by Crippen LogP contribution is -2.49. The van der Waals surface area contributed by atoms with Crippen LogP contribution in [0.1, 0.15) is 16.7 Å². The number of hydrogen-bond acceptors (Lipinski definition) is 5. The molecule has 0 amide bonds. The predicted octanol–water partition coefficient (Wildman–Crippen LogP) is 1.96. The number of aryl methyl sites for hydroxylation is 1. The van der Waals surface area contributed by atoms with Gasteiger partial charge in [-0.15, -0.1) is 11.8 Å². The minimum Gasteiger partial charge on any atom is -0.507 e. The molecular weight excluding hydrogens is 260 g/mol. The fraction of sp³-hybridized carbons (Fsp3) is 0.500. The molecule has 19 heavy (non-hydrogen) atoms. The molecule has 1 fully saturated rings. The molecule has 0 spiro atoms. The number of phenolic OH excluding ortho intramolecular Hbond substituents is 1. The Morgan fingerprint density at radius 2 is 2.21 bits per heavy atom. The summed E-state index contributed by atoms with van der Waals surface area (Å²) in [6.45, 7) is 6.32. The van der Waals surface area contributed by atoms with Crippen LogP contribution in [0.4, 0.5) is 5.69 Å². The Balaban J connectivity index is 2.18. The van der Waals surface area contributed by atoms with Crippen LogP contribution in [0.3, 0.4) is 0 Å². The number of hydrogen-bond donors (Lipinski definition) is 3. The Hall–Kier alpha value is -1.20. The van der Waals surface area contributed by atoms with Gasteiger partial charge in [0.1, 0.15) is 17.6 Å². The summed E-state index contributed by atoms with van der Waals surface area (Å²) in [6.07, 6.45) is 0.995. The Kier molecular flexibility index (Phi) is 4.06. The van der Waals surface area contributed by atoms with Crippen LogP contribution in [0.25, 0.3) is 0 Å². The Morgan fingerprint density at radius 1 is 1.47 bits per heavy atom. The fourth-order valence-electron chi connectivity index (χ4n) is 2.21. The van der Waals surface area contributed by atoms with Crippen molar-refractivity contribution in [3.63, 3.8) is 0 Å². The maximum Gasteiger partial charge on any atom is 0.142 e. The topological polar surface area (TPSA) is 61.4 Å². The molecule has 1 atom stereocenters. The third-order valence-corrected chi connectivity index (χ3v) is 4.83. The number of anilines is 1. The first-order chi connectivity index (χ1) is 8.99. The van der Waals surface area contributed by atoms with Gasteiger partial charge in [0.05, 0.1) is 0 Å². The first kappa shape index (κ1) is 14.2. The molecule has 1 aliphatic rings. The quantitative estimate of drug-likeness (QED) is 0.581. The fourth-order valence-corrected chi connectivity index (χ4v) is 3.34. The highest BCUT2D eigenvalue weighted by Crippen LogP contribution is 2.31. The number of thioether (sulfide) groups is 1. The van der Waals surface area contributed by atoms with Crippen molar-refractivity contribution in [1.29, 1.82) is 0 Å². The summed E-state index contributed by atoms with van der Waals surface area (Å²) in [7, 11) is 0. The van der Waals surface area contributed by atoms with Crippen molar-refractivity contribution in [2.75, 3.05) is 23.5 Å². The van der Waals surface area contributed by atoms with Crippen LogP contribution in [-0.4, -0.2) is 35.1 Å². The molecule has 2 rings (SSSR count). The average molecular weight is 280 g/mol. The molecule has 0 aliphatic carbocycles. The lowest BCUT2D eigenvalue weighted by molar-refractivity contribution is -0.111. The highest BCUT2D eigenvalue weighted by Gasteiger charge is 2.33. The molecule has 1 heterocycles. The van der Waals surface area contributed by atoms with Crippen LogP contribution in [0.15, 0.2) is 6.07 Å². The van der Waals surface area contributed by atoms with E-state index in [1.807, 2.05) is 26.8 Å². The van der Waals surface area contributed by atoms with Crippen molar-refractivity contribution in [2.45, 2.75) is 26.3 Å². The molecule has 0 aromatic heterocycles. The van der Waals surface area contributed by atoms with E-state index in [2.05, 4.69) is 10.6 Å². The van der Waals surface area contributed by atoms with Crippen molar-refractivity contribution in [1.82, 2.24) is 5.32 Å². The van der Waals surface area contributed by atoms with Crippen LogP contribution in [0, 0.1) is 20.8 Å². The molecule has 1 aromatic rings. The van der Waals surface area contributed by atoms with Crippen LogP contribution in [0.5, 0.6) is 5.75 Å². The zero-order valence-corrected chi connectivity index (χ0v) is 12.4. The van der Waals surface area contributed by atoms with Gasteiger partial charge in [0.25, 0.3) is 0 Å². The minimum atomic E-state index is -0.475. The van der Waals surface area contributed by atoms with Gasteiger partial charge in [-0.25, -0.2) is 0 Å². The molecule has 3 N–H and O–H groups in total. The number of rotatable bonds is 4. The van der Waals surface area contributed by atoms with Crippen LogP contribution in [0.2, 0.25) is 0 Å². The largest absolute Gasteiger partial charge is 0.507 e. The van der Waals surface area contributed by atoms with Crippen molar-refractivity contribution < 1.29 is 9.90 Å². The summed E-state index contributed by atoms with van der Waals surface area (Å²) in [4.78, 5) is 11.3. The second kappa shape index (κ2) is 5.43. The Bertz CT molecular complexity index is 497. The van der Waals surface area contributed by atoms with Gasteiger partial charge in [0.2, 0.25) is 0 Å². The number of carbonyl (C=O) groups excluding carboxylic acids is 1. The van der Waals surface area contributed by atoms with E-state index < -0.39 is 5.54 Å². The van der Waals surface area contributed by atoms with E-state index in [1.165, 1.54) is 0 Å². The van der Waals surface area contributed by atoms with E-state index in [1.54, 1.807) is 11.8 Å². The number of aromatic hydroxyl groups is 1. The number of nitrogens with one attached hydrogen (secondary N) is 2. The Morgan fingerprint density at radius 3 is 2.79 bits per heavy atom. The monoisotopic (exact) mass is 280 g/mol. The van der Waals surface area contributed by atoms with Crippen LogP contribution in [-0.2, 0) is 4.79 Å². The summed E-state index contributed by atoms with van der Waals surface area (Å²) in [6, 6.07) is 1.93. The van der Waals surface area contributed by atoms with Gasteiger partial charge >= 0.3 is 0 Å².